The molecule has 0 radical (unpaired) electrons. The third-order valence-corrected chi connectivity index (χ3v) is 9.24. The molecule has 0 bridgehead atoms. The number of hydrogen-bond acceptors (Lipinski definition) is 0. The van der Waals surface area contributed by atoms with Gasteiger partial charge in [-0.2, -0.15) is 0 Å². The summed E-state index contributed by atoms with van der Waals surface area (Å²) in [6.45, 7) is 0. The van der Waals surface area contributed by atoms with Gasteiger partial charge in [0.15, 0.2) is 7.26 Å². The minimum absolute atomic E-state index is 1.07. The molecule has 31 heavy (non-hydrogen) atoms. The second-order valence-corrected chi connectivity index (χ2v) is 10.6. The molecule has 0 atom stereocenters. The first-order chi connectivity index (χ1) is 15.4. The predicted molar refractivity (Wildman–Crippen MR) is 136 cm³/mol. The Balaban J connectivity index is 1.82. The molecular formula is C30H22P+. The maximum absolute atomic E-state index is 3.85. The van der Waals surface area contributed by atoms with E-state index in [1.807, 2.05) is 0 Å². The third-order valence-electron chi connectivity index (χ3n) is 5.58. The molecule has 0 aromatic heterocycles. The van der Waals surface area contributed by atoms with Crippen LogP contribution < -0.4 is 15.9 Å². The summed E-state index contributed by atoms with van der Waals surface area (Å²) >= 11 is 0. The highest BCUT2D eigenvalue weighted by molar-refractivity contribution is 7.99. The van der Waals surface area contributed by atoms with Crippen LogP contribution in [-0.4, -0.2) is 0 Å². The van der Waals surface area contributed by atoms with Crippen LogP contribution in [0.1, 0.15) is 5.56 Å². The van der Waals surface area contributed by atoms with E-state index in [2.05, 4.69) is 145 Å². The summed E-state index contributed by atoms with van der Waals surface area (Å²) in [6, 6.07) is 47.2. The normalized spacial score (nSPS) is 11.0. The van der Waals surface area contributed by atoms with E-state index in [1.165, 1.54) is 26.7 Å². The van der Waals surface area contributed by atoms with E-state index in [-0.39, 0.29) is 0 Å². The van der Waals surface area contributed by atoms with E-state index in [0.29, 0.717) is 0 Å². The lowest BCUT2D eigenvalue weighted by Crippen LogP contribution is -2.29. The highest BCUT2D eigenvalue weighted by Crippen LogP contribution is 2.54. The summed E-state index contributed by atoms with van der Waals surface area (Å²) in [5, 5.41) is 6.25. The summed E-state index contributed by atoms with van der Waals surface area (Å²) in [5.41, 5.74) is 4.93. The van der Waals surface area contributed by atoms with Gasteiger partial charge in [-0.25, -0.2) is 0 Å². The maximum atomic E-state index is 3.85. The van der Waals surface area contributed by atoms with Gasteiger partial charge in [0.1, 0.15) is 15.9 Å². The van der Waals surface area contributed by atoms with Gasteiger partial charge in [-0.3, -0.25) is 0 Å². The van der Waals surface area contributed by atoms with Crippen molar-refractivity contribution < 1.29 is 0 Å². The molecule has 146 valence electrons. The molecule has 0 nitrogen and oxygen atoms in total. The average Bonchev–Trinajstić information content (AvgIpc) is 2.86. The molecule has 5 rings (SSSR count). The summed E-state index contributed by atoms with van der Waals surface area (Å²) in [7, 11) is -2.16. The van der Waals surface area contributed by atoms with Crippen LogP contribution in [-0.2, 0) is 0 Å². The van der Waals surface area contributed by atoms with Crippen LogP contribution in [0.25, 0.3) is 10.8 Å². The van der Waals surface area contributed by atoms with Crippen molar-refractivity contribution in [2.75, 3.05) is 0 Å². The van der Waals surface area contributed by atoms with Gasteiger partial charge in [0, 0.05) is 5.56 Å². The van der Waals surface area contributed by atoms with Crippen LogP contribution in [0.3, 0.4) is 0 Å². The average molecular weight is 413 g/mol. The second kappa shape index (κ2) is 8.61. The van der Waals surface area contributed by atoms with E-state index in [9.17, 15) is 0 Å². The molecule has 1 heteroatoms. The Labute approximate surface area is 184 Å². The Morgan fingerprint density at radius 3 is 1.42 bits per heavy atom. The van der Waals surface area contributed by atoms with Gasteiger partial charge in [-0.1, -0.05) is 91.0 Å². The highest BCUT2D eigenvalue weighted by atomic mass is 31.2. The highest BCUT2D eigenvalue weighted by Gasteiger charge is 2.44. The molecule has 0 N–H and O–H groups in total. The minimum atomic E-state index is -2.16. The maximum Gasteiger partial charge on any atom is 0.189 e. The molecular weight excluding hydrogens is 391 g/mol. The fourth-order valence-corrected chi connectivity index (χ4v) is 7.50. The molecule has 0 heterocycles. The fourth-order valence-electron chi connectivity index (χ4n) is 4.07. The third kappa shape index (κ3) is 3.66. The lowest BCUT2D eigenvalue weighted by atomic mass is 10.1. The quantitative estimate of drug-likeness (QED) is 0.246. The van der Waals surface area contributed by atoms with E-state index < -0.39 is 7.26 Å². The van der Waals surface area contributed by atoms with Crippen LogP contribution in [0, 0.1) is 11.6 Å². The number of benzene rings is 5. The van der Waals surface area contributed by atoms with Crippen LogP contribution in [0.5, 0.6) is 0 Å². The Kier molecular flexibility index (Phi) is 5.37. The lowest BCUT2D eigenvalue weighted by Gasteiger charge is -2.21. The summed E-state index contributed by atoms with van der Waals surface area (Å²) < 4.78 is 0. The Morgan fingerprint density at radius 1 is 0.419 bits per heavy atom. The SMILES string of the molecule is C(#C[P+](c1ccccc1)(c1ccccc1)c1ccccc1)c1cccc2ccccc12. The molecule has 0 saturated heterocycles. The van der Waals surface area contributed by atoms with Crippen LogP contribution in [0.2, 0.25) is 0 Å². The van der Waals surface area contributed by atoms with Crippen molar-refractivity contribution in [3.8, 4) is 11.6 Å². The zero-order valence-corrected chi connectivity index (χ0v) is 18.0. The monoisotopic (exact) mass is 413 g/mol. The number of hydrogen-bond donors (Lipinski definition) is 0. The lowest BCUT2D eigenvalue weighted by molar-refractivity contribution is 1.70. The van der Waals surface area contributed by atoms with Gasteiger partial charge in [0.2, 0.25) is 0 Å². The molecule has 5 aromatic rings. The summed E-state index contributed by atoms with van der Waals surface area (Å²) in [6.07, 6.45) is 0. The topological polar surface area (TPSA) is 0 Å². The smallest absolute Gasteiger partial charge is 0.0620 e. The molecule has 0 spiro atoms. The Hall–Kier alpha value is -3.65. The van der Waals surface area contributed by atoms with Gasteiger partial charge >= 0.3 is 0 Å². The van der Waals surface area contributed by atoms with Crippen molar-refractivity contribution in [1.29, 1.82) is 0 Å². The van der Waals surface area contributed by atoms with Gasteiger partial charge in [0.05, 0.1) is 5.66 Å². The van der Waals surface area contributed by atoms with Crippen molar-refractivity contribution in [2.45, 2.75) is 0 Å². The number of rotatable bonds is 3. The molecule has 0 fully saturated rings. The first-order valence-electron chi connectivity index (χ1n) is 10.4. The first kappa shape index (κ1) is 19.3. The largest absolute Gasteiger partial charge is 0.189 e. The molecule has 0 aliphatic carbocycles. The number of fused-ring (bicyclic) bond motifs is 1. The van der Waals surface area contributed by atoms with Crippen molar-refractivity contribution in [1.82, 2.24) is 0 Å². The van der Waals surface area contributed by atoms with Gasteiger partial charge in [0.25, 0.3) is 0 Å². The molecule has 0 unspecified atom stereocenters. The molecule has 0 aliphatic rings. The molecule has 5 aromatic carbocycles. The predicted octanol–water partition coefficient (Wildman–Crippen LogP) is 6.14. The van der Waals surface area contributed by atoms with Crippen molar-refractivity contribution in [2.24, 2.45) is 0 Å². The molecule has 0 aliphatic heterocycles. The Bertz CT molecular complexity index is 1260. The second-order valence-electron chi connectivity index (χ2n) is 7.44. The summed E-state index contributed by atoms with van der Waals surface area (Å²) in [4.78, 5) is 0. The van der Waals surface area contributed by atoms with Crippen LogP contribution in [0.15, 0.2) is 133 Å². The van der Waals surface area contributed by atoms with Crippen molar-refractivity contribution in [3.63, 3.8) is 0 Å². The minimum Gasteiger partial charge on any atom is -0.0620 e. The standard InChI is InChI=1S/C30H22P/c1-4-16-27(17-5-1)31(28-18-6-2-7-19-28,29-20-8-3-9-21-29)24-23-26-15-12-14-25-13-10-11-22-30(25)26/h1-22H/q+1. The Morgan fingerprint density at radius 2 is 0.871 bits per heavy atom. The van der Waals surface area contributed by atoms with Gasteiger partial charge < -0.3 is 0 Å². The van der Waals surface area contributed by atoms with Gasteiger partial charge in [-0.05, 0) is 59.2 Å². The van der Waals surface area contributed by atoms with Crippen molar-refractivity contribution in [3.05, 3.63) is 139 Å². The zero-order valence-electron chi connectivity index (χ0n) is 17.1. The zero-order chi connectivity index (χ0) is 20.9. The first-order valence-corrected chi connectivity index (χ1v) is 12.2. The molecule has 0 saturated carbocycles. The summed E-state index contributed by atoms with van der Waals surface area (Å²) in [5.74, 6) is 3.62. The van der Waals surface area contributed by atoms with Crippen LogP contribution >= 0.6 is 7.26 Å². The van der Waals surface area contributed by atoms with E-state index in [0.717, 1.165) is 5.56 Å². The van der Waals surface area contributed by atoms with E-state index in [1.54, 1.807) is 0 Å². The molecule has 0 amide bonds. The van der Waals surface area contributed by atoms with Gasteiger partial charge in [-0.15, -0.1) is 0 Å². The van der Waals surface area contributed by atoms with Crippen molar-refractivity contribution >= 4 is 33.9 Å². The fraction of sp³-hybridized carbons (Fsp3) is 0. The van der Waals surface area contributed by atoms with Crippen LogP contribution in [0.4, 0.5) is 0 Å². The van der Waals surface area contributed by atoms with E-state index in [4.69, 9.17) is 0 Å². The van der Waals surface area contributed by atoms with E-state index >= 15 is 0 Å².